The molecule has 0 bridgehead atoms. The topological polar surface area (TPSA) is 60.0 Å². The van der Waals surface area contributed by atoms with Crippen molar-refractivity contribution in [2.75, 3.05) is 40.5 Å². The summed E-state index contributed by atoms with van der Waals surface area (Å²) < 4.78 is 16.3. The fraction of sp³-hybridized carbons (Fsp3) is 0.588. The number of nitrogens with zero attached hydrogens (tertiary/aromatic N) is 1. The Hall–Kier alpha value is -1.79. The van der Waals surface area contributed by atoms with Gasteiger partial charge in [0.1, 0.15) is 6.10 Å². The van der Waals surface area contributed by atoms with Gasteiger partial charge in [0.2, 0.25) is 0 Å². The van der Waals surface area contributed by atoms with Crippen LogP contribution in [0.15, 0.2) is 18.2 Å². The largest absolute Gasteiger partial charge is 0.493 e. The number of likely N-dealkylation sites (tertiary alicyclic amines) is 1. The number of carbonyl (C=O) groups is 1. The average molecular weight is 320 g/mol. The molecule has 6 nitrogen and oxygen atoms in total. The van der Waals surface area contributed by atoms with Crippen molar-refractivity contribution in [3.8, 4) is 11.5 Å². The molecule has 1 aromatic carbocycles. The Balaban J connectivity index is 1.79. The molecule has 1 N–H and O–H groups in total. The zero-order chi connectivity index (χ0) is 16.2. The zero-order valence-electron chi connectivity index (χ0n) is 13.7. The number of benzene rings is 1. The van der Waals surface area contributed by atoms with Crippen LogP contribution in [0.4, 0.5) is 0 Å². The van der Waals surface area contributed by atoms with E-state index in [1.165, 1.54) is 0 Å². The second-order valence-electron chi connectivity index (χ2n) is 5.87. The molecule has 126 valence electrons. The Morgan fingerprint density at radius 1 is 1.30 bits per heavy atom. The van der Waals surface area contributed by atoms with E-state index in [4.69, 9.17) is 14.2 Å². The van der Waals surface area contributed by atoms with Crippen LogP contribution in [0.3, 0.4) is 0 Å². The predicted octanol–water partition coefficient (Wildman–Crippen LogP) is 1.36. The highest BCUT2D eigenvalue weighted by molar-refractivity contribution is 5.82. The highest BCUT2D eigenvalue weighted by Gasteiger charge is 2.35. The van der Waals surface area contributed by atoms with Gasteiger partial charge in [-0.3, -0.25) is 4.79 Å². The summed E-state index contributed by atoms with van der Waals surface area (Å²) in [6, 6.07) is 5.95. The minimum Gasteiger partial charge on any atom is -0.493 e. The number of ether oxygens (including phenoxy) is 3. The molecule has 6 heteroatoms. The number of nitrogens with one attached hydrogen (secondary N) is 1. The Morgan fingerprint density at radius 3 is 2.83 bits per heavy atom. The smallest absolute Gasteiger partial charge is 0.253 e. The highest BCUT2D eigenvalue weighted by atomic mass is 16.5. The Labute approximate surface area is 136 Å². The fourth-order valence-corrected chi connectivity index (χ4v) is 3.35. The van der Waals surface area contributed by atoms with Crippen LogP contribution < -0.4 is 14.8 Å². The monoisotopic (exact) mass is 320 g/mol. The summed E-state index contributed by atoms with van der Waals surface area (Å²) >= 11 is 0. The van der Waals surface area contributed by atoms with Crippen LogP contribution in [0.5, 0.6) is 11.5 Å². The first-order valence-electron chi connectivity index (χ1n) is 8.09. The third kappa shape index (κ3) is 3.28. The maximum Gasteiger partial charge on any atom is 0.253 e. The summed E-state index contributed by atoms with van der Waals surface area (Å²) in [5, 5.41) is 3.22. The number of rotatable bonds is 4. The minimum absolute atomic E-state index is 0.0767. The molecule has 2 heterocycles. The van der Waals surface area contributed by atoms with Crippen LogP contribution in [-0.2, 0) is 9.53 Å². The molecule has 3 rings (SSSR count). The molecule has 2 fully saturated rings. The van der Waals surface area contributed by atoms with Crippen molar-refractivity contribution in [1.82, 2.24) is 10.2 Å². The van der Waals surface area contributed by atoms with Crippen molar-refractivity contribution >= 4 is 5.91 Å². The van der Waals surface area contributed by atoms with Crippen LogP contribution in [0, 0.1) is 0 Å². The summed E-state index contributed by atoms with van der Waals surface area (Å²) in [5.74, 6) is 1.47. The first-order chi connectivity index (χ1) is 11.2. The van der Waals surface area contributed by atoms with Gasteiger partial charge >= 0.3 is 0 Å². The number of hydrogen-bond donors (Lipinski definition) is 1. The normalized spacial score (nSPS) is 24.5. The first-order valence-corrected chi connectivity index (χ1v) is 8.09. The summed E-state index contributed by atoms with van der Waals surface area (Å²) in [7, 11) is 3.25. The first kappa shape index (κ1) is 16.1. The van der Waals surface area contributed by atoms with Gasteiger partial charge in [-0.2, -0.15) is 0 Å². The molecule has 1 aromatic rings. The van der Waals surface area contributed by atoms with Gasteiger partial charge in [-0.15, -0.1) is 0 Å². The van der Waals surface area contributed by atoms with Crippen LogP contribution in [0.2, 0.25) is 0 Å². The van der Waals surface area contributed by atoms with Crippen molar-refractivity contribution in [3.63, 3.8) is 0 Å². The van der Waals surface area contributed by atoms with Crippen LogP contribution >= 0.6 is 0 Å². The average Bonchev–Trinajstić information content (AvgIpc) is 3.10. The van der Waals surface area contributed by atoms with Gasteiger partial charge in [-0.1, -0.05) is 6.07 Å². The molecule has 2 saturated heterocycles. The second kappa shape index (κ2) is 7.19. The van der Waals surface area contributed by atoms with E-state index in [-0.39, 0.29) is 18.1 Å². The fourth-order valence-electron chi connectivity index (χ4n) is 3.35. The van der Waals surface area contributed by atoms with Gasteiger partial charge in [0.25, 0.3) is 5.91 Å². The van der Waals surface area contributed by atoms with Crippen LogP contribution in [0.1, 0.15) is 24.4 Å². The van der Waals surface area contributed by atoms with E-state index in [0.717, 1.165) is 31.5 Å². The lowest BCUT2D eigenvalue weighted by atomic mass is 10.0. The van der Waals surface area contributed by atoms with Crippen molar-refractivity contribution in [2.45, 2.75) is 25.0 Å². The van der Waals surface area contributed by atoms with E-state index in [9.17, 15) is 4.79 Å². The quantitative estimate of drug-likeness (QED) is 0.907. The molecule has 2 aliphatic rings. The lowest BCUT2D eigenvalue weighted by molar-refractivity contribution is -0.146. The maximum absolute atomic E-state index is 12.8. The van der Waals surface area contributed by atoms with E-state index >= 15 is 0 Å². The second-order valence-corrected chi connectivity index (χ2v) is 5.87. The number of methoxy groups -OCH3 is 2. The highest BCUT2D eigenvalue weighted by Crippen LogP contribution is 2.37. The molecule has 0 aromatic heterocycles. The molecule has 23 heavy (non-hydrogen) atoms. The number of amides is 1. The van der Waals surface area contributed by atoms with Gasteiger partial charge < -0.3 is 24.4 Å². The maximum atomic E-state index is 12.8. The zero-order valence-corrected chi connectivity index (χ0v) is 13.7. The van der Waals surface area contributed by atoms with Gasteiger partial charge in [0.05, 0.1) is 26.9 Å². The van der Waals surface area contributed by atoms with E-state index < -0.39 is 0 Å². The molecule has 0 saturated carbocycles. The molecule has 0 unspecified atom stereocenters. The predicted molar refractivity (Wildman–Crippen MR) is 85.8 cm³/mol. The van der Waals surface area contributed by atoms with E-state index in [1.54, 1.807) is 14.2 Å². The van der Waals surface area contributed by atoms with Crippen LogP contribution in [-0.4, -0.2) is 57.4 Å². The minimum atomic E-state index is -0.371. The number of morpholine rings is 1. The van der Waals surface area contributed by atoms with Crippen molar-refractivity contribution in [3.05, 3.63) is 23.8 Å². The molecular formula is C17H24N2O4. The molecule has 2 aliphatic heterocycles. The molecule has 1 amide bonds. The summed E-state index contributed by atoms with van der Waals surface area (Å²) in [6.07, 6.45) is 1.59. The van der Waals surface area contributed by atoms with Crippen molar-refractivity contribution in [1.29, 1.82) is 0 Å². The molecule has 0 radical (unpaired) electrons. The molecule has 0 spiro atoms. The van der Waals surface area contributed by atoms with Gasteiger partial charge in [0.15, 0.2) is 11.5 Å². The Kier molecular flexibility index (Phi) is 5.03. The summed E-state index contributed by atoms with van der Waals surface area (Å²) in [5.41, 5.74) is 1.08. The third-order valence-corrected chi connectivity index (χ3v) is 4.53. The van der Waals surface area contributed by atoms with Crippen LogP contribution in [0.25, 0.3) is 0 Å². The SMILES string of the molecule is COc1ccc([C@H]2CCCN2C(=O)[C@H]2CNCCO2)cc1OC. The number of hydrogen-bond acceptors (Lipinski definition) is 5. The van der Waals surface area contributed by atoms with Crippen molar-refractivity contribution in [2.24, 2.45) is 0 Å². The van der Waals surface area contributed by atoms with Gasteiger partial charge in [-0.05, 0) is 30.5 Å². The lowest BCUT2D eigenvalue weighted by Crippen LogP contribution is -2.49. The summed E-state index contributed by atoms with van der Waals surface area (Å²) in [6.45, 7) is 2.76. The Bertz CT molecular complexity index is 558. The lowest BCUT2D eigenvalue weighted by Gasteiger charge is -2.31. The Morgan fingerprint density at radius 2 is 2.13 bits per heavy atom. The van der Waals surface area contributed by atoms with E-state index in [1.807, 2.05) is 23.1 Å². The van der Waals surface area contributed by atoms with E-state index in [2.05, 4.69) is 5.32 Å². The molecule has 2 atom stereocenters. The standard InChI is InChI=1S/C17H24N2O4/c1-21-14-6-5-12(10-15(14)22-2)13-4-3-8-19(13)17(20)16-11-18-7-9-23-16/h5-6,10,13,16,18H,3-4,7-9,11H2,1-2H3/t13-,16-/m1/s1. The number of carbonyl (C=O) groups excluding carboxylic acids is 1. The molecule has 0 aliphatic carbocycles. The molecular weight excluding hydrogens is 296 g/mol. The van der Waals surface area contributed by atoms with Gasteiger partial charge in [0, 0.05) is 19.6 Å². The third-order valence-electron chi connectivity index (χ3n) is 4.53. The van der Waals surface area contributed by atoms with Gasteiger partial charge in [-0.25, -0.2) is 0 Å². The van der Waals surface area contributed by atoms with Crippen molar-refractivity contribution < 1.29 is 19.0 Å². The van der Waals surface area contributed by atoms with E-state index in [0.29, 0.717) is 24.7 Å². The summed E-state index contributed by atoms with van der Waals surface area (Å²) in [4.78, 5) is 14.7.